The molecule has 0 aromatic carbocycles. The Kier molecular flexibility index (Phi) is 4.87. The fourth-order valence-electron chi connectivity index (χ4n) is 3.27. The molecule has 1 saturated heterocycles. The summed E-state index contributed by atoms with van der Waals surface area (Å²) in [4.78, 5) is 24.8. The highest BCUT2D eigenvalue weighted by Crippen LogP contribution is 2.35. The minimum atomic E-state index is -0.493. The summed E-state index contributed by atoms with van der Waals surface area (Å²) >= 11 is 0. The zero-order valence-electron chi connectivity index (χ0n) is 14.4. The Morgan fingerprint density at radius 2 is 2.28 bits per heavy atom. The first-order valence-electron chi connectivity index (χ1n) is 8.46. The molecule has 2 atom stereocenters. The standard InChI is InChI=1S/C17H22N4O4/c1-12-5-8-20(15(9-12)16-4-3-13(2)25-16)17(22)6-7-19-11-14(10-18-19)21(23)24/h3-4,10-12,15H,5-9H2,1-2H3/t12-,15+/m0/s1. The number of rotatable bonds is 5. The van der Waals surface area contributed by atoms with Crippen LogP contribution in [0.1, 0.15) is 43.7 Å². The summed E-state index contributed by atoms with van der Waals surface area (Å²) in [6.45, 7) is 5.10. The van der Waals surface area contributed by atoms with Crippen LogP contribution < -0.4 is 0 Å². The Bertz CT molecular complexity index is 766. The first-order valence-corrected chi connectivity index (χ1v) is 8.46. The Labute approximate surface area is 145 Å². The lowest BCUT2D eigenvalue weighted by atomic mass is 9.91. The molecule has 134 valence electrons. The van der Waals surface area contributed by atoms with Crippen LogP contribution in [0, 0.1) is 23.0 Å². The molecular formula is C17H22N4O4. The summed E-state index contributed by atoms with van der Waals surface area (Å²) in [5.74, 6) is 2.22. The lowest BCUT2D eigenvalue weighted by Gasteiger charge is -2.37. The van der Waals surface area contributed by atoms with E-state index in [2.05, 4.69) is 12.0 Å². The molecule has 0 N–H and O–H groups in total. The Morgan fingerprint density at radius 1 is 1.48 bits per heavy atom. The summed E-state index contributed by atoms with van der Waals surface area (Å²) in [7, 11) is 0. The summed E-state index contributed by atoms with van der Waals surface area (Å²) in [5, 5.41) is 14.6. The minimum Gasteiger partial charge on any atom is -0.464 e. The molecule has 0 radical (unpaired) electrons. The second-order valence-electron chi connectivity index (χ2n) is 6.65. The molecule has 1 amide bonds. The van der Waals surface area contributed by atoms with Crippen molar-refractivity contribution in [2.45, 2.75) is 45.7 Å². The predicted molar refractivity (Wildman–Crippen MR) is 89.8 cm³/mol. The lowest BCUT2D eigenvalue weighted by Crippen LogP contribution is -2.40. The van der Waals surface area contributed by atoms with Crippen LogP contribution in [0.4, 0.5) is 5.69 Å². The average Bonchev–Trinajstić information content (AvgIpc) is 3.21. The molecule has 0 aliphatic carbocycles. The number of hydrogen-bond donors (Lipinski definition) is 0. The quantitative estimate of drug-likeness (QED) is 0.612. The highest BCUT2D eigenvalue weighted by atomic mass is 16.6. The normalized spacial score (nSPS) is 20.6. The summed E-state index contributed by atoms with van der Waals surface area (Å²) in [6, 6.07) is 3.81. The summed E-state index contributed by atoms with van der Waals surface area (Å²) in [5.41, 5.74) is -0.0665. The fourth-order valence-corrected chi connectivity index (χ4v) is 3.27. The van der Waals surface area contributed by atoms with Crippen LogP contribution in [0.15, 0.2) is 28.9 Å². The SMILES string of the molecule is Cc1ccc([C@H]2C[C@@H](C)CCN2C(=O)CCn2cc([N+](=O)[O-])cn2)o1. The van der Waals surface area contributed by atoms with Crippen molar-refractivity contribution in [1.82, 2.24) is 14.7 Å². The van der Waals surface area contributed by atoms with Crippen LogP contribution in [0.5, 0.6) is 0 Å². The van der Waals surface area contributed by atoms with E-state index in [1.807, 2.05) is 24.0 Å². The second-order valence-corrected chi connectivity index (χ2v) is 6.65. The van der Waals surface area contributed by atoms with Crippen LogP contribution in [-0.2, 0) is 11.3 Å². The van der Waals surface area contributed by atoms with Gasteiger partial charge in [0.15, 0.2) is 0 Å². The van der Waals surface area contributed by atoms with Gasteiger partial charge in [-0.3, -0.25) is 19.6 Å². The largest absolute Gasteiger partial charge is 0.464 e. The third-order valence-electron chi connectivity index (χ3n) is 4.66. The van der Waals surface area contributed by atoms with Gasteiger partial charge in [-0.2, -0.15) is 5.10 Å². The monoisotopic (exact) mass is 346 g/mol. The van der Waals surface area contributed by atoms with Gasteiger partial charge in [-0.15, -0.1) is 0 Å². The number of nitrogens with zero attached hydrogens (tertiary/aromatic N) is 4. The number of hydrogen-bond acceptors (Lipinski definition) is 5. The molecule has 0 saturated carbocycles. The van der Waals surface area contributed by atoms with Crippen molar-refractivity contribution in [3.63, 3.8) is 0 Å². The molecule has 0 unspecified atom stereocenters. The molecule has 0 bridgehead atoms. The number of likely N-dealkylation sites (tertiary alicyclic amines) is 1. The van der Waals surface area contributed by atoms with Crippen molar-refractivity contribution < 1.29 is 14.1 Å². The van der Waals surface area contributed by atoms with Crippen molar-refractivity contribution in [3.8, 4) is 0 Å². The van der Waals surface area contributed by atoms with Gasteiger partial charge in [0.25, 0.3) is 0 Å². The number of furan rings is 1. The third kappa shape index (κ3) is 3.89. The van der Waals surface area contributed by atoms with Gasteiger partial charge in [-0.25, -0.2) is 0 Å². The van der Waals surface area contributed by atoms with Crippen LogP contribution >= 0.6 is 0 Å². The molecule has 1 fully saturated rings. The predicted octanol–water partition coefficient (Wildman–Crippen LogP) is 3.08. The third-order valence-corrected chi connectivity index (χ3v) is 4.66. The topological polar surface area (TPSA) is 94.4 Å². The van der Waals surface area contributed by atoms with Crippen molar-refractivity contribution in [2.24, 2.45) is 5.92 Å². The van der Waals surface area contributed by atoms with Gasteiger partial charge in [-0.05, 0) is 37.8 Å². The van der Waals surface area contributed by atoms with Crippen LogP contribution in [0.25, 0.3) is 0 Å². The van der Waals surface area contributed by atoms with Gasteiger partial charge in [-0.1, -0.05) is 6.92 Å². The molecule has 25 heavy (non-hydrogen) atoms. The van der Waals surface area contributed by atoms with E-state index >= 15 is 0 Å². The number of amides is 1. The average molecular weight is 346 g/mol. The van der Waals surface area contributed by atoms with E-state index in [0.717, 1.165) is 24.4 Å². The number of nitro groups is 1. The van der Waals surface area contributed by atoms with Gasteiger partial charge in [0.05, 0.1) is 11.0 Å². The summed E-state index contributed by atoms with van der Waals surface area (Å²) in [6.07, 6.45) is 4.64. The van der Waals surface area contributed by atoms with E-state index < -0.39 is 4.92 Å². The van der Waals surface area contributed by atoms with Crippen LogP contribution in [0.3, 0.4) is 0 Å². The highest BCUT2D eigenvalue weighted by molar-refractivity contribution is 5.76. The van der Waals surface area contributed by atoms with E-state index in [1.54, 1.807) is 0 Å². The van der Waals surface area contributed by atoms with Crippen molar-refractivity contribution in [1.29, 1.82) is 0 Å². The van der Waals surface area contributed by atoms with E-state index in [9.17, 15) is 14.9 Å². The van der Waals surface area contributed by atoms with Gasteiger partial charge < -0.3 is 9.32 Å². The molecule has 3 rings (SSSR count). The van der Waals surface area contributed by atoms with Gasteiger partial charge in [0, 0.05) is 19.5 Å². The van der Waals surface area contributed by atoms with E-state index in [-0.39, 0.29) is 24.1 Å². The maximum Gasteiger partial charge on any atom is 0.306 e. The summed E-state index contributed by atoms with van der Waals surface area (Å²) < 4.78 is 7.20. The number of carbonyl (C=O) groups excluding carboxylic acids is 1. The van der Waals surface area contributed by atoms with Crippen molar-refractivity contribution in [3.05, 3.63) is 46.2 Å². The molecule has 8 nitrogen and oxygen atoms in total. The molecule has 3 heterocycles. The number of carbonyl (C=O) groups is 1. The maximum absolute atomic E-state index is 12.7. The van der Waals surface area contributed by atoms with Gasteiger partial charge >= 0.3 is 5.69 Å². The van der Waals surface area contributed by atoms with Gasteiger partial charge in [0.1, 0.15) is 23.9 Å². The van der Waals surface area contributed by atoms with E-state index in [0.29, 0.717) is 19.0 Å². The first-order chi connectivity index (χ1) is 11.9. The van der Waals surface area contributed by atoms with Crippen LogP contribution in [0.2, 0.25) is 0 Å². The molecule has 2 aromatic heterocycles. The zero-order chi connectivity index (χ0) is 18.0. The van der Waals surface area contributed by atoms with Crippen molar-refractivity contribution in [2.75, 3.05) is 6.54 Å². The first kappa shape index (κ1) is 17.2. The van der Waals surface area contributed by atoms with Crippen LogP contribution in [-0.4, -0.2) is 32.1 Å². The molecule has 2 aromatic rings. The maximum atomic E-state index is 12.7. The number of piperidine rings is 1. The van der Waals surface area contributed by atoms with Crippen molar-refractivity contribution >= 4 is 11.6 Å². The van der Waals surface area contributed by atoms with Gasteiger partial charge in [0.2, 0.25) is 5.91 Å². The van der Waals surface area contributed by atoms with E-state index in [4.69, 9.17) is 4.42 Å². The molecule has 0 spiro atoms. The molecule has 1 aliphatic rings. The molecule has 1 aliphatic heterocycles. The second kappa shape index (κ2) is 7.08. The Hall–Kier alpha value is -2.64. The van der Waals surface area contributed by atoms with E-state index in [1.165, 1.54) is 17.1 Å². The number of aromatic nitrogens is 2. The fraction of sp³-hybridized carbons (Fsp3) is 0.529. The smallest absolute Gasteiger partial charge is 0.306 e. The Morgan fingerprint density at radius 3 is 2.92 bits per heavy atom. The minimum absolute atomic E-state index is 0.0177. The lowest BCUT2D eigenvalue weighted by molar-refractivity contribution is -0.385. The molecular weight excluding hydrogens is 324 g/mol. The highest BCUT2D eigenvalue weighted by Gasteiger charge is 2.32. The zero-order valence-corrected chi connectivity index (χ0v) is 14.4. The number of aryl methyl sites for hydroxylation is 2. The molecule has 8 heteroatoms. The Balaban J connectivity index is 1.67.